The van der Waals surface area contributed by atoms with Crippen LogP contribution in [-0.2, 0) is 0 Å². The van der Waals surface area contributed by atoms with Crippen LogP contribution in [-0.4, -0.2) is 27.1 Å². The molecule has 2 N–H and O–H groups in total. The van der Waals surface area contributed by atoms with Gasteiger partial charge in [-0.25, -0.2) is 9.59 Å². The molecule has 84 valence electrons. The Bertz CT molecular complexity index is 498. The first-order valence-corrected chi connectivity index (χ1v) is 4.58. The Hall–Kier alpha value is -1.96. The van der Waals surface area contributed by atoms with Crippen molar-refractivity contribution in [2.45, 2.75) is 0 Å². The van der Waals surface area contributed by atoms with Crippen molar-refractivity contribution in [2.24, 2.45) is 0 Å². The lowest BCUT2D eigenvalue weighted by Crippen LogP contribution is -2.07. The lowest BCUT2D eigenvalue weighted by Gasteiger charge is -2.02. The van der Waals surface area contributed by atoms with Gasteiger partial charge in [-0.2, -0.15) is 0 Å². The molecule has 0 aliphatic heterocycles. The second-order valence-corrected chi connectivity index (χ2v) is 3.57. The number of aromatic carboxylic acids is 2. The fourth-order valence-corrected chi connectivity index (χ4v) is 1.69. The summed E-state index contributed by atoms with van der Waals surface area (Å²) < 4.78 is -0.147. The predicted octanol–water partition coefficient (Wildman–Crippen LogP) is 1.75. The van der Waals surface area contributed by atoms with E-state index in [0.29, 0.717) is 6.07 Å². The number of nitro benzene ring substituents is 1. The third-order valence-corrected chi connectivity index (χ3v) is 2.35. The van der Waals surface area contributed by atoms with Crippen molar-refractivity contribution in [3.8, 4) is 0 Å². The maximum Gasteiger partial charge on any atom is 0.343 e. The zero-order chi connectivity index (χ0) is 12.5. The number of halogens is 1. The highest BCUT2D eigenvalue weighted by atomic mass is 79.9. The highest BCUT2D eigenvalue weighted by Gasteiger charge is 2.25. The molecule has 1 rings (SSSR count). The number of rotatable bonds is 3. The van der Waals surface area contributed by atoms with Gasteiger partial charge in [-0.3, -0.25) is 10.1 Å². The molecule has 1 aromatic rings. The van der Waals surface area contributed by atoms with Gasteiger partial charge in [0.2, 0.25) is 0 Å². The Morgan fingerprint density at radius 1 is 1.25 bits per heavy atom. The molecule has 0 radical (unpaired) electrons. The summed E-state index contributed by atoms with van der Waals surface area (Å²) in [6, 6.07) is 1.70. The van der Waals surface area contributed by atoms with E-state index in [2.05, 4.69) is 15.9 Å². The maximum absolute atomic E-state index is 10.7. The molecule has 0 amide bonds. The van der Waals surface area contributed by atoms with E-state index < -0.39 is 28.1 Å². The highest BCUT2D eigenvalue weighted by molar-refractivity contribution is 9.10. The summed E-state index contributed by atoms with van der Waals surface area (Å²) in [6.07, 6.45) is 0. The standard InChI is InChI=1S/C8H4BrNO6/c9-4-1-3(7(11)12)2-5(10(15)16)6(4)8(13)14/h1-2H,(H,11,12)(H,13,14). The molecule has 0 aliphatic rings. The molecule has 1 aromatic carbocycles. The summed E-state index contributed by atoms with van der Waals surface area (Å²) in [5.74, 6) is -2.88. The van der Waals surface area contributed by atoms with Gasteiger partial charge in [0.15, 0.2) is 5.56 Å². The van der Waals surface area contributed by atoms with Gasteiger partial charge in [0.1, 0.15) is 0 Å². The molecule has 0 fully saturated rings. The Labute approximate surface area is 96.6 Å². The van der Waals surface area contributed by atoms with Crippen molar-refractivity contribution in [2.75, 3.05) is 0 Å². The largest absolute Gasteiger partial charge is 0.478 e. The quantitative estimate of drug-likeness (QED) is 0.646. The van der Waals surface area contributed by atoms with Gasteiger partial charge in [0, 0.05) is 10.5 Å². The molecule has 0 aromatic heterocycles. The first-order valence-electron chi connectivity index (χ1n) is 3.79. The van der Waals surface area contributed by atoms with Gasteiger partial charge in [-0.05, 0) is 22.0 Å². The van der Waals surface area contributed by atoms with E-state index in [1.807, 2.05) is 0 Å². The van der Waals surface area contributed by atoms with E-state index in [1.54, 1.807) is 0 Å². The third-order valence-electron chi connectivity index (χ3n) is 1.73. The van der Waals surface area contributed by atoms with Crippen LogP contribution in [0, 0.1) is 10.1 Å². The number of carboxylic acids is 2. The second kappa shape index (κ2) is 4.27. The molecule has 0 saturated heterocycles. The molecular formula is C8H4BrNO6. The minimum absolute atomic E-state index is 0.147. The summed E-state index contributed by atoms with van der Waals surface area (Å²) in [6.45, 7) is 0. The zero-order valence-electron chi connectivity index (χ0n) is 7.51. The van der Waals surface area contributed by atoms with Crippen LogP contribution in [0.3, 0.4) is 0 Å². The average molecular weight is 290 g/mol. The Morgan fingerprint density at radius 2 is 1.81 bits per heavy atom. The number of carboxylic acid groups (broad SMARTS) is 2. The number of nitro groups is 1. The van der Waals surface area contributed by atoms with Crippen LogP contribution in [0.15, 0.2) is 16.6 Å². The summed E-state index contributed by atoms with van der Waals surface area (Å²) in [5.41, 5.74) is -1.70. The van der Waals surface area contributed by atoms with E-state index in [1.165, 1.54) is 0 Å². The van der Waals surface area contributed by atoms with Crippen LogP contribution in [0.2, 0.25) is 0 Å². The third kappa shape index (κ3) is 2.16. The molecular weight excluding hydrogens is 286 g/mol. The Balaban J connectivity index is 3.58. The Kier molecular flexibility index (Phi) is 3.23. The molecule has 0 atom stereocenters. The monoisotopic (exact) mass is 289 g/mol. The van der Waals surface area contributed by atoms with Crippen molar-refractivity contribution < 1.29 is 24.7 Å². The predicted molar refractivity (Wildman–Crippen MR) is 54.7 cm³/mol. The van der Waals surface area contributed by atoms with Gasteiger partial charge in [-0.1, -0.05) is 0 Å². The Morgan fingerprint density at radius 3 is 2.19 bits per heavy atom. The van der Waals surface area contributed by atoms with Gasteiger partial charge in [0.05, 0.1) is 10.5 Å². The molecule has 0 aliphatic carbocycles. The van der Waals surface area contributed by atoms with Gasteiger partial charge in [0.25, 0.3) is 5.69 Å². The van der Waals surface area contributed by atoms with E-state index in [9.17, 15) is 19.7 Å². The topological polar surface area (TPSA) is 118 Å². The molecule has 7 nitrogen and oxygen atoms in total. The average Bonchev–Trinajstić information content (AvgIpc) is 2.15. The van der Waals surface area contributed by atoms with Gasteiger partial charge in [-0.15, -0.1) is 0 Å². The van der Waals surface area contributed by atoms with Crippen LogP contribution in [0.1, 0.15) is 20.7 Å². The number of nitrogens with zero attached hydrogens (tertiary/aromatic N) is 1. The minimum atomic E-state index is -1.50. The normalized spacial score (nSPS) is 9.81. The minimum Gasteiger partial charge on any atom is -0.478 e. The van der Waals surface area contributed by atoms with Crippen LogP contribution in [0.5, 0.6) is 0 Å². The van der Waals surface area contributed by atoms with E-state index in [-0.39, 0.29) is 10.0 Å². The van der Waals surface area contributed by atoms with Crippen molar-refractivity contribution in [3.63, 3.8) is 0 Å². The lowest BCUT2D eigenvalue weighted by molar-refractivity contribution is -0.385. The second-order valence-electron chi connectivity index (χ2n) is 2.72. The number of hydrogen-bond acceptors (Lipinski definition) is 4. The van der Waals surface area contributed by atoms with Crippen LogP contribution < -0.4 is 0 Å². The number of carbonyl (C=O) groups is 2. The summed E-state index contributed by atoms with van der Waals surface area (Å²) in [4.78, 5) is 31.0. The highest BCUT2D eigenvalue weighted by Crippen LogP contribution is 2.28. The SMILES string of the molecule is O=C(O)c1cc(Br)c(C(=O)O)c([N+](=O)[O-])c1. The lowest BCUT2D eigenvalue weighted by atomic mass is 10.1. The molecule has 8 heteroatoms. The molecule has 0 bridgehead atoms. The first kappa shape index (κ1) is 12.1. The molecule has 0 saturated carbocycles. The van der Waals surface area contributed by atoms with E-state index in [0.717, 1.165) is 6.07 Å². The zero-order valence-corrected chi connectivity index (χ0v) is 9.09. The van der Waals surface area contributed by atoms with Crippen LogP contribution in [0.4, 0.5) is 5.69 Å². The summed E-state index contributed by atoms with van der Waals surface area (Å²) in [5, 5.41) is 28.0. The molecule has 0 unspecified atom stereocenters. The van der Waals surface area contributed by atoms with Crippen molar-refractivity contribution >= 4 is 33.6 Å². The fourth-order valence-electron chi connectivity index (χ4n) is 1.07. The van der Waals surface area contributed by atoms with Gasteiger partial charge >= 0.3 is 11.9 Å². The van der Waals surface area contributed by atoms with Crippen LogP contribution in [0.25, 0.3) is 0 Å². The van der Waals surface area contributed by atoms with Crippen molar-refractivity contribution in [3.05, 3.63) is 37.8 Å². The molecule has 0 heterocycles. The number of benzene rings is 1. The fraction of sp³-hybridized carbons (Fsp3) is 0. The number of hydrogen-bond donors (Lipinski definition) is 2. The van der Waals surface area contributed by atoms with Crippen LogP contribution >= 0.6 is 15.9 Å². The summed E-state index contributed by atoms with van der Waals surface area (Å²) >= 11 is 2.79. The van der Waals surface area contributed by atoms with E-state index in [4.69, 9.17) is 10.2 Å². The molecule has 16 heavy (non-hydrogen) atoms. The van der Waals surface area contributed by atoms with Crippen molar-refractivity contribution in [1.82, 2.24) is 0 Å². The maximum atomic E-state index is 10.7. The van der Waals surface area contributed by atoms with Gasteiger partial charge < -0.3 is 10.2 Å². The summed E-state index contributed by atoms with van der Waals surface area (Å²) in [7, 11) is 0. The van der Waals surface area contributed by atoms with E-state index >= 15 is 0 Å². The first-order chi connectivity index (χ1) is 7.34. The molecule has 0 spiro atoms. The van der Waals surface area contributed by atoms with Crippen molar-refractivity contribution in [1.29, 1.82) is 0 Å². The smallest absolute Gasteiger partial charge is 0.343 e.